The molecule has 0 bridgehead atoms. The number of amides is 4. The van der Waals surface area contributed by atoms with Crippen LogP contribution in [-0.4, -0.2) is 67.6 Å². The highest BCUT2D eigenvalue weighted by Crippen LogP contribution is 2.66. The molecule has 4 amide bonds. The number of likely N-dealkylation sites (tertiary alicyclic amines) is 1. The van der Waals surface area contributed by atoms with Crippen LogP contribution < -0.4 is 10.4 Å². The minimum Gasteiger partial charge on any atom is -0.508 e. The number of fused-ring (bicyclic) bond motifs is 4. The summed E-state index contributed by atoms with van der Waals surface area (Å²) in [6.45, 7) is 0. The highest BCUT2D eigenvalue weighted by atomic mass is 79.9. The summed E-state index contributed by atoms with van der Waals surface area (Å²) in [5, 5.41) is 30.2. The van der Waals surface area contributed by atoms with Crippen LogP contribution in [0.3, 0.4) is 0 Å². The van der Waals surface area contributed by atoms with Gasteiger partial charge < -0.3 is 15.2 Å². The van der Waals surface area contributed by atoms with E-state index in [1.165, 1.54) is 37.4 Å². The Morgan fingerprint density at radius 3 is 2.42 bits per heavy atom. The van der Waals surface area contributed by atoms with Crippen LogP contribution in [0.25, 0.3) is 0 Å². The van der Waals surface area contributed by atoms with Crippen LogP contribution in [0.4, 0.5) is 5.69 Å². The fraction of sp³-hybridized carbons (Fsp3) is 0.333. The number of anilines is 1. The summed E-state index contributed by atoms with van der Waals surface area (Å²) in [4.78, 5) is 52.7. The van der Waals surface area contributed by atoms with Crippen molar-refractivity contribution >= 4 is 81.0 Å². The highest BCUT2D eigenvalue weighted by Gasteiger charge is 2.76. The molecule has 0 aromatic heterocycles. The third-order valence-corrected chi connectivity index (χ3v) is 10.6. The zero-order chi connectivity index (χ0) is 28.9. The number of phenolic OH excluding ortho intramolecular Hbond substituents is 1. The van der Waals surface area contributed by atoms with E-state index in [0.29, 0.717) is 10.0 Å². The van der Waals surface area contributed by atoms with Crippen molar-refractivity contribution in [2.75, 3.05) is 11.9 Å². The van der Waals surface area contributed by atoms with Crippen molar-refractivity contribution in [2.24, 2.45) is 17.8 Å². The number of nitrogens with zero attached hydrogens (tertiary/aromatic N) is 2. The quantitative estimate of drug-likeness (QED) is 0.201. The SMILES string of the molecule is CN1C(=O)C2(Cl)CC3C(=CCC4C(=O)N(c5cccc(B(O)O)c5)C(=O)C43)C(c3cc(Br)ccc3O)C2(Cl)C1=O. The van der Waals surface area contributed by atoms with Crippen molar-refractivity contribution in [1.82, 2.24) is 4.90 Å². The lowest BCUT2D eigenvalue weighted by Crippen LogP contribution is -2.60. The van der Waals surface area contributed by atoms with Gasteiger partial charge in [-0.25, -0.2) is 0 Å². The molecule has 4 aliphatic rings. The second kappa shape index (κ2) is 9.16. The van der Waals surface area contributed by atoms with Gasteiger partial charge in [-0.15, -0.1) is 23.2 Å². The molecular formula is C27H22BBrCl2N2O7. The van der Waals surface area contributed by atoms with Crippen molar-refractivity contribution in [3.8, 4) is 5.75 Å². The largest absolute Gasteiger partial charge is 0.508 e. The molecule has 0 radical (unpaired) electrons. The Balaban J connectivity index is 1.51. The predicted molar refractivity (Wildman–Crippen MR) is 150 cm³/mol. The molecule has 3 N–H and O–H groups in total. The number of hydrogen-bond donors (Lipinski definition) is 3. The Labute approximate surface area is 247 Å². The van der Waals surface area contributed by atoms with Crippen LogP contribution >= 0.6 is 39.1 Å². The van der Waals surface area contributed by atoms with Crippen molar-refractivity contribution in [3.63, 3.8) is 0 Å². The molecule has 6 rings (SSSR count). The lowest BCUT2D eigenvalue weighted by atomic mass is 9.56. The number of imide groups is 2. The summed E-state index contributed by atoms with van der Waals surface area (Å²) in [6, 6.07) is 10.5. The molecule has 2 heterocycles. The normalized spacial score (nSPS) is 33.1. The van der Waals surface area contributed by atoms with Gasteiger partial charge in [0.1, 0.15) is 5.75 Å². The average molecular weight is 648 g/mol. The number of aromatic hydroxyl groups is 1. The topological polar surface area (TPSA) is 135 Å². The van der Waals surface area contributed by atoms with Gasteiger partial charge in [-0.1, -0.05) is 39.7 Å². The number of allylic oxidation sites excluding steroid dienone is 2. The maximum atomic E-state index is 14.0. The Morgan fingerprint density at radius 2 is 1.73 bits per heavy atom. The highest BCUT2D eigenvalue weighted by molar-refractivity contribution is 9.10. The Bertz CT molecular complexity index is 1550. The third kappa shape index (κ3) is 3.48. The first-order valence-electron chi connectivity index (χ1n) is 12.6. The van der Waals surface area contributed by atoms with E-state index >= 15 is 0 Å². The summed E-state index contributed by atoms with van der Waals surface area (Å²) < 4.78 is 0.589. The standard InChI is InChI=1S/C27H22BBrCl2N2O7/c1-32-24(37)26(30)11-18-15(21(27(26,31)25(32)38)17-10-13(29)5-8-19(17)34)6-7-16-20(18)23(36)33(22(16)35)14-4-2-3-12(9-14)28(39)40/h2-6,8-10,16,18,20-21,34,39-40H,7,11H2,1H3. The van der Waals surface area contributed by atoms with Crippen LogP contribution in [0.15, 0.2) is 58.6 Å². The maximum Gasteiger partial charge on any atom is 0.488 e. The fourth-order valence-corrected chi connectivity index (χ4v) is 8.32. The van der Waals surface area contributed by atoms with E-state index in [-0.39, 0.29) is 35.3 Å². The first-order chi connectivity index (χ1) is 18.8. The van der Waals surface area contributed by atoms with E-state index in [9.17, 15) is 34.3 Å². The number of alkyl halides is 2. The molecule has 2 aromatic rings. The van der Waals surface area contributed by atoms with Gasteiger partial charge in [0.05, 0.1) is 17.5 Å². The number of hydrogen-bond acceptors (Lipinski definition) is 7. The number of halogens is 3. The van der Waals surface area contributed by atoms with Gasteiger partial charge in [-0.2, -0.15) is 0 Å². The first kappa shape index (κ1) is 27.5. The predicted octanol–water partition coefficient (Wildman–Crippen LogP) is 2.03. The second-order valence-corrected chi connectivity index (χ2v) is 12.8. The van der Waals surface area contributed by atoms with Crippen LogP contribution in [-0.2, 0) is 19.2 Å². The van der Waals surface area contributed by atoms with E-state index in [2.05, 4.69) is 15.9 Å². The Morgan fingerprint density at radius 1 is 1.00 bits per heavy atom. The maximum absolute atomic E-state index is 14.0. The van der Waals surface area contributed by atoms with Gasteiger partial charge in [0.25, 0.3) is 11.8 Å². The lowest BCUT2D eigenvalue weighted by molar-refractivity contribution is -0.138. The molecule has 206 valence electrons. The molecule has 6 unspecified atom stereocenters. The van der Waals surface area contributed by atoms with E-state index in [1.807, 2.05) is 0 Å². The molecule has 13 heteroatoms. The number of carbonyl (C=O) groups is 4. The zero-order valence-electron chi connectivity index (χ0n) is 20.9. The minimum atomic E-state index is -2.00. The third-order valence-electron chi connectivity index (χ3n) is 8.74. The fourth-order valence-electron chi connectivity index (χ4n) is 6.93. The molecule has 1 saturated carbocycles. The average Bonchev–Trinajstić information content (AvgIpc) is 3.25. The number of rotatable bonds is 3. The van der Waals surface area contributed by atoms with E-state index < -0.39 is 64.2 Å². The van der Waals surface area contributed by atoms with Crippen LogP contribution in [0.1, 0.15) is 24.3 Å². The summed E-state index contributed by atoms with van der Waals surface area (Å²) >= 11 is 17.6. The van der Waals surface area contributed by atoms with Crippen LogP contribution in [0, 0.1) is 17.8 Å². The molecule has 6 atom stereocenters. The van der Waals surface area contributed by atoms with Crippen LogP contribution in [0.2, 0.25) is 0 Å². The van der Waals surface area contributed by atoms with Crippen LogP contribution in [0.5, 0.6) is 5.75 Å². The molecule has 9 nitrogen and oxygen atoms in total. The molecule has 2 aromatic carbocycles. The molecule has 40 heavy (non-hydrogen) atoms. The van der Waals surface area contributed by atoms with Crippen molar-refractivity contribution < 1.29 is 34.3 Å². The number of benzene rings is 2. The molecule has 2 aliphatic carbocycles. The smallest absolute Gasteiger partial charge is 0.488 e. The van der Waals surface area contributed by atoms with E-state index in [4.69, 9.17) is 23.2 Å². The monoisotopic (exact) mass is 646 g/mol. The number of carbonyl (C=O) groups excluding carboxylic acids is 4. The van der Waals surface area contributed by atoms with E-state index in [0.717, 1.165) is 9.80 Å². The summed E-state index contributed by atoms with van der Waals surface area (Å²) in [7, 11) is -0.499. The summed E-state index contributed by atoms with van der Waals surface area (Å²) in [5.41, 5.74) is 1.12. The minimum absolute atomic E-state index is 0.111. The van der Waals surface area contributed by atoms with Gasteiger partial charge in [-0.3, -0.25) is 29.0 Å². The van der Waals surface area contributed by atoms with Gasteiger partial charge >= 0.3 is 7.12 Å². The van der Waals surface area contributed by atoms with E-state index in [1.54, 1.807) is 18.2 Å². The lowest BCUT2D eigenvalue weighted by Gasteiger charge is -2.50. The van der Waals surface area contributed by atoms with Gasteiger partial charge in [-0.05, 0) is 54.6 Å². The summed E-state index contributed by atoms with van der Waals surface area (Å²) in [5.74, 6) is -6.10. The second-order valence-electron chi connectivity index (χ2n) is 10.7. The van der Waals surface area contributed by atoms with Gasteiger partial charge in [0.15, 0.2) is 9.75 Å². The van der Waals surface area contributed by atoms with Crippen molar-refractivity contribution in [2.45, 2.75) is 28.5 Å². The summed E-state index contributed by atoms with van der Waals surface area (Å²) in [6.07, 6.45) is 1.76. The zero-order valence-corrected chi connectivity index (χ0v) is 24.0. The van der Waals surface area contributed by atoms with Crippen molar-refractivity contribution in [3.05, 3.63) is 64.1 Å². The van der Waals surface area contributed by atoms with Crippen molar-refractivity contribution in [1.29, 1.82) is 0 Å². The molecular weight excluding hydrogens is 626 g/mol. The Hall–Kier alpha value is -2.70. The Kier molecular flexibility index (Phi) is 6.29. The molecule has 3 fully saturated rings. The first-order valence-corrected chi connectivity index (χ1v) is 14.1. The molecule has 2 aliphatic heterocycles. The molecule has 0 spiro atoms. The number of phenols is 1. The molecule has 2 saturated heterocycles. The van der Waals surface area contributed by atoms with Gasteiger partial charge in [0.2, 0.25) is 11.8 Å². The van der Waals surface area contributed by atoms with Gasteiger partial charge in [0, 0.05) is 23.0 Å².